The van der Waals surface area contributed by atoms with E-state index in [9.17, 15) is 0 Å². The normalized spacial score (nSPS) is 16.0. The van der Waals surface area contributed by atoms with Crippen LogP contribution in [0.3, 0.4) is 0 Å². The molecule has 0 fully saturated rings. The van der Waals surface area contributed by atoms with Gasteiger partial charge in [-0.15, -0.1) is 11.3 Å². The number of nitrogens with two attached hydrogens (primary N) is 1. The van der Waals surface area contributed by atoms with Crippen molar-refractivity contribution in [1.29, 1.82) is 0 Å². The number of rotatable bonds is 5. The Hall–Kier alpha value is -4.93. The summed E-state index contributed by atoms with van der Waals surface area (Å²) in [5.74, 6) is 0.234. The fourth-order valence-corrected chi connectivity index (χ4v) is 7.67. The van der Waals surface area contributed by atoms with Crippen molar-refractivity contribution in [2.24, 2.45) is 10.9 Å². The zero-order valence-corrected chi connectivity index (χ0v) is 23.8. The van der Waals surface area contributed by atoms with Crippen LogP contribution in [0.4, 0.5) is 5.69 Å². The Morgan fingerprint density at radius 3 is 2.43 bits per heavy atom. The Morgan fingerprint density at radius 1 is 0.762 bits per heavy atom. The average Bonchev–Trinajstić information content (AvgIpc) is 3.58. The van der Waals surface area contributed by atoms with E-state index >= 15 is 0 Å². The first-order valence-electron chi connectivity index (χ1n) is 14.4. The molecule has 0 radical (unpaired) electrons. The molecular formula is C38H29N3S. The van der Waals surface area contributed by atoms with E-state index in [1.165, 1.54) is 47.6 Å². The Balaban J connectivity index is 1.39. The zero-order valence-electron chi connectivity index (χ0n) is 23.0. The Bertz CT molecular complexity index is 2200. The van der Waals surface area contributed by atoms with E-state index in [-0.39, 0.29) is 12.0 Å². The van der Waals surface area contributed by atoms with E-state index in [0.29, 0.717) is 0 Å². The standard InChI is InChI=1S/C38H29N3S/c39-33-17-9-7-16-31(33)36(26-13-5-2-6-14-26)40-24-41-34-22-19-27(25-11-3-1-4-12-25)23-32(34)29-20-21-30-28-15-8-10-18-35(28)42-38(30)37(29)41/h1-13,15-24,26,36H,14,39H2/b40-24+. The molecule has 8 rings (SSSR count). The van der Waals surface area contributed by atoms with Crippen LogP contribution in [0, 0.1) is 5.92 Å². The Morgan fingerprint density at radius 2 is 1.57 bits per heavy atom. The van der Waals surface area contributed by atoms with Gasteiger partial charge in [0.25, 0.3) is 0 Å². The Kier molecular flexibility index (Phi) is 6.01. The molecule has 2 aromatic heterocycles. The van der Waals surface area contributed by atoms with Gasteiger partial charge in [-0.2, -0.15) is 0 Å². The fourth-order valence-electron chi connectivity index (χ4n) is 6.42. The van der Waals surface area contributed by atoms with Crippen LogP contribution in [-0.4, -0.2) is 10.9 Å². The van der Waals surface area contributed by atoms with Crippen molar-refractivity contribution in [3.05, 3.63) is 139 Å². The summed E-state index contributed by atoms with van der Waals surface area (Å²) in [6.45, 7) is 0. The molecule has 42 heavy (non-hydrogen) atoms. The predicted octanol–water partition coefficient (Wildman–Crippen LogP) is 10.2. The van der Waals surface area contributed by atoms with Crippen LogP contribution >= 0.6 is 11.3 Å². The third-order valence-corrected chi connectivity index (χ3v) is 9.69. The summed E-state index contributed by atoms with van der Waals surface area (Å²) in [7, 11) is 0. The van der Waals surface area contributed by atoms with Crippen LogP contribution in [-0.2, 0) is 0 Å². The smallest absolute Gasteiger partial charge is 0.0949 e. The summed E-state index contributed by atoms with van der Waals surface area (Å²) in [5.41, 5.74) is 13.2. The highest BCUT2D eigenvalue weighted by Gasteiger charge is 2.23. The second-order valence-electron chi connectivity index (χ2n) is 11.0. The van der Waals surface area contributed by atoms with Gasteiger partial charge in [0.2, 0.25) is 0 Å². The van der Waals surface area contributed by atoms with Crippen molar-refractivity contribution in [3.8, 4) is 11.1 Å². The third-order valence-electron chi connectivity index (χ3n) is 8.49. The number of benzene rings is 5. The largest absolute Gasteiger partial charge is 0.398 e. The molecule has 2 heterocycles. The highest BCUT2D eigenvalue weighted by molar-refractivity contribution is 7.26. The number of nitrogen functional groups attached to an aromatic ring is 1. The number of nitrogens with zero attached hydrogens (tertiary/aromatic N) is 2. The minimum atomic E-state index is -0.0925. The van der Waals surface area contributed by atoms with Gasteiger partial charge in [-0.3, -0.25) is 9.56 Å². The molecule has 3 nitrogen and oxygen atoms in total. The molecule has 0 aliphatic heterocycles. The summed E-state index contributed by atoms with van der Waals surface area (Å²) in [5, 5.41) is 5.05. The number of allylic oxidation sites excluding steroid dienone is 3. The molecule has 0 saturated heterocycles. The quantitative estimate of drug-likeness (QED) is 0.127. The van der Waals surface area contributed by atoms with Gasteiger partial charge in [-0.25, -0.2) is 0 Å². The van der Waals surface area contributed by atoms with Gasteiger partial charge >= 0.3 is 0 Å². The van der Waals surface area contributed by atoms with Crippen molar-refractivity contribution in [2.45, 2.75) is 12.5 Å². The summed E-state index contributed by atoms with van der Waals surface area (Å²) < 4.78 is 4.90. The number of thiophene rings is 1. The molecule has 202 valence electrons. The van der Waals surface area contributed by atoms with Crippen molar-refractivity contribution in [1.82, 2.24) is 4.57 Å². The second-order valence-corrected chi connectivity index (χ2v) is 12.0. The van der Waals surface area contributed by atoms with Crippen LogP contribution in [0.5, 0.6) is 0 Å². The lowest BCUT2D eigenvalue weighted by molar-refractivity contribution is 0.528. The lowest BCUT2D eigenvalue weighted by Gasteiger charge is -2.23. The Labute approximate surface area is 248 Å². The van der Waals surface area contributed by atoms with E-state index < -0.39 is 0 Å². The van der Waals surface area contributed by atoms with Crippen molar-refractivity contribution in [2.75, 3.05) is 5.73 Å². The lowest BCUT2D eigenvalue weighted by atomic mass is 9.87. The number of para-hydroxylation sites is 1. The van der Waals surface area contributed by atoms with Crippen LogP contribution in [0.25, 0.3) is 53.1 Å². The molecular weight excluding hydrogens is 531 g/mol. The SMILES string of the molecule is Nc1ccccc1C(/N=C/n1c2ccc(-c3ccccc3)cc2c2ccc3c4ccccc4sc3c21)C1C=CC=CC1. The topological polar surface area (TPSA) is 43.3 Å². The number of hydrogen-bond donors (Lipinski definition) is 1. The molecule has 0 bridgehead atoms. The molecule has 7 aromatic rings. The molecule has 1 aliphatic rings. The maximum absolute atomic E-state index is 6.53. The number of fused-ring (bicyclic) bond motifs is 7. The summed E-state index contributed by atoms with van der Waals surface area (Å²) >= 11 is 1.86. The highest BCUT2D eigenvalue weighted by Crippen LogP contribution is 2.42. The van der Waals surface area contributed by atoms with E-state index in [2.05, 4.69) is 132 Å². The first kappa shape index (κ1) is 24.8. The van der Waals surface area contributed by atoms with Crippen molar-refractivity contribution in [3.63, 3.8) is 0 Å². The number of hydrogen-bond acceptors (Lipinski definition) is 3. The number of aromatic nitrogens is 1. The molecule has 1 aliphatic carbocycles. The van der Waals surface area contributed by atoms with Crippen molar-refractivity contribution >= 4 is 65.3 Å². The minimum Gasteiger partial charge on any atom is -0.398 e. The molecule has 4 heteroatoms. The summed E-state index contributed by atoms with van der Waals surface area (Å²) in [4.78, 5) is 5.34. The van der Waals surface area contributed by atoms with Crippen molar-refractivity contribution < 1.29 is 0 Å². The second kappa shape index (κ2) is 10.2. The summed E-state index contributed by atoms with van der Waals surface area (Å²) in [6, 6.07) is 38.7. The average molecular weight is 560 g/mol. The van der Waals surface area contributed by atoms with Crippen LogP contribution < -0.4 is 5.73 Å². The van der Waals surface area contributed by atoms with Crippen LogP contribution in [0.15, 0.2) is 138 Å². The fraction of sp³-hybridized carbons (Fsp3) is 0.0789. The van der Waals surface area contributed by atoms with Gasteiger partial charge in [0.05, 0.1) is 28.1 Å². The monoisotopic (exact) mass is 559 g/mol. The molecule has 0 amide bonds. The van der Waals surface area contributed by atoms with Gasteiger partial charge in [0.1, 0.15) is 0 Å². The molecule has 0 saturated carbocycles. The number of aliphatic imine (C=N–C) groups is 1. The molecule has 2 unspecified atom stereocenters. The van der Waals surface area contributed by atoms with Gasteiger partial charge in [-0.1, -0.05) is 109 Å². The number of anilines is 1. The zero-order chi connectivity index (χ0) is 28.0. The lowest BCUT2D eigenvalue weighted by Crippen LogP contribution is -2.13. The predicted molar refractivity (Wildman–Crippen MR) is 182 cm³/mol. The first-order valence-corrected chi connectivity index (χ1v) is 15.2. The maximum Gasteiger partial charge on any atom is 0.0949 e. The summed E-state index contributed by atoms with van der Waals surface area (Å²) in [6.07, 6.45) is 11.7. The van der Waals surface area contributed by atoms with Crippen LogP contribution in [0.1, 0.15) is 18.0 Å². The van der Waals surface area contributed by atoms with E-state index in [4.69, 9.17) is 10.7 Å². The van der Waals surface area contributed by atoms with Gasteiger partial charge < -0.3 is 5.73 Å². The third kappa shape index (κ3) is 4.07. The van der Waals surface area contributed by atoms with E-state index in [1.807, 2.05) is 23.5 Å². The van der Waals surface area contributed by atoms with E-state index in [0.717, 1.165) is 23.2 Å². The van der Waals surface area contributed by atoms with Gasteiger partial charge in [0.15, 0.2) is 0 Å². The van der Waals surface area contributed by atoms with Crippen LogP contribution in [0.2, 0.25) is 0 Å². The maximum atomic E-state index is 6.53. The molecule has 2 atom stereocenters. The minimum absolute atomic E-state index is 0.0925. The van der Waals surface area contributed by atoms with Gasteiger partial charge in [0, 0.05) is 43.4 Å². The highest BCUT2D eigenvalue weighted by atomic mass is 32.1. The molecule has 2 N–H and O–H groups in total. The first-order chi connectivity index (χ1) is 20.8. The van der Waals surface area contributed by atoms with Gasteiger partial charge in [-0.05, 0) is 41.8 Å². The van der Waals surface area contributed by atoms with E-state index in [1.54, 1.807) is 0 Å². The molecule has 5 aromatic carbocycles. The molecule has 0 spiro atoms.